The molecule has 0 fully saturated rings. The topological polar surface area (TPSA) is 37.3 Å². The van der Waals surface area contributed by atoms with Crippen LogP contribution in [-0.4, -0.2) is 35.9 Å². The van der Waals surface area contributed by atoms with Crippen LogP contribution in [0, 0.1) is 19.7 Å². The van der Waals surface area contributed by atoms with Crippen LogP contribution in [0.5, 0.6) is 0 Å². The molecule has 0 aliphatic rings. The molecule has 176 valence electrons. The SMILES string of the molecule is Cc1c(C)n(CCCN(C)C)c2ccc(Nc3ccc(C(=O)Cc4ccc(F)cc4)cc3)cc12. The van der Waals surface area contributed by atoms with Crippen molar-refractivity contribution in [2.24, 2.45) is 0 Å². The lowest BCUT2D eigenvalue weighted by atomic mass is 10.0. The van der Waals surface area contributed by atoms with Crippen LogP contribution in [-0.2, 0) is 13.0 Å². The van der Waals surface area contributed by atoms with Gasteiger partial charge in [0, 0.05) is 46.5 Å². The van der Waals surface area contributed by atoms with Gasteiger partial charge in [-0.1, -0.05) is 12.1 Å². The molecule has 4 rings (SSSR count). The predicted molar refractivity (Wildman–Crippen MR) is 139 cm³/mol. The second-order valence-corrected chi connectivity index (χ2v) is 9.18. The molecule has 1 heterocycles. The van der Waals surface area contributed by atoms with Crippen LogP contribution in [0.25, 0.3) is 10.9 Å². The molecule has 1 aromatic heterocycles. The molecular formula is C29H32FN3O. The van der Waals surface area contributed by atoms with Gasteiger partial charge in [0.15, 0.2) is 5.78 Å². The van der Waals surface area contributed by atoms with Gasteiger partial charge in [0.1, 0.15) is 5.82 Å². The molecule has 34 heavy (non-hydrogen) atoms. The molecule has 1 N–H and O–H groups in total. The van der Waals surface area contributed by atoms with E-state index in [1.54, 1.807) is 12.1 Å². The van der Waals surface area contributed by atoms with E-state index in [2.05, 4.69) is 60.9 Å². The van der Waals surface area contributed by atoms with E-state index in [4.69, 9.17) is 0 Å². The second kappa shape index (κ2) is 10.2. The van der Waals surface area contributed by atoms with Gasteiger partial charge in [-0.2, -0.15) is 0 Å². The second-order valence-electron chi connectivity index (χ2n) is 9.18. The zero-order valence-corrected chi connectivity index (χ0v) is 20.4. The molecule has 0 unspecified atom stereocenters. The first-order valence-electron chi connectivity index (χ1n) is 11.7. The lowest BCUT2D eigenvalue weighted by Gasteiger charge is -2.12. The van der Waals surface area contributed by atoms with Crippen molar-refractivity contribution in [2.75, 3.05) is 26.0 Å². The van der Waals surface area contributed by atoms with E-state index in [1.165, 1.54) is 34.3 Å². The Hall–Kier alpha value is -3.44. The van der Waals surface area contributed by atoms with Crippen LogP contribution in [0.3, 0.4) is 0 Å². The van der Waals surface area contributed by atoms with Gasteiger partial charge in [0.25, 0.3) is 0 Å². The van der Waals surface area contributed by atoms with Crippen molar-refractivity contribution in [3.05, 3.63) is 94.9 Å². The molecule has 0 saturated heterocycles. The molecule has 5 heteroatoms. The zero-order valence-electron chi connectivity index (χ0n) is 20.4. The first kappa shape index (κ1) is 23.7. The van der Waals surface area contributed by atoms with Crippen LogP contribution in [0.4, 0.5) is 15.8 Å². The Bertz CT molecular complexity index is 1290. The fraction of sp³-hybridized carbons (Fsp3) is 0.276. The van der Waals surface area contributed by atoms with Crippen LogP contribution in [0.1, 0.15) is 33.6 Å². The van der Waals surface area contributed by atoms with Gasteiger partial charge < -0.3 is 14.8 Å². The number of aromatic nitrogens is 1. The van der Waals surface area contributed by atoms with Gasteiger partial charge in [-0.05, 0) is 107 Å². The highest BCUT2D eigenvalue weighted by Crippen LogP contribution is 2.29. The number of nitrogens with one attached hydrogen (secondary N) is 1. The van der Waals surface area contributed by atoms with E-state index >= 15 is 0 Å². The van der Waals surface area contributed by atoms with Crippen LogP contribution >= 0.6 is 0 Å². The van der Waals surface area contributed by atoms with Gasteiger partial charge in [0.05, 0.1) is 0 Å². The van der Waals surface area contributed by atoms with E-state index in [0.717, 1.165) is 36.4 Å². The van der Waals surface area contributed by atoms with Gasteiger partial charge in [-0.15, -0.1) is 0 Å². The summed E-state index contributed by atoms with van der Waals surface area (Å²) >= 11 is 0. The average molecular weight is 458 g/mol. The van der Waals surface area contributed by atoms with E-state index in [0.29, 0.717) is 5.56 Å². The maximum atomic E-state index is 13.1. The third kappa shape index (κ3) is 5.37. The number of rotatable bonds is 9. The summed E-state index contributed by atoms with van der Waals surface area (Å²) in [5, 5.41) is 4.73. The quantitative estimate of drug-likeness (QED) is 0.291. The summed E-state index contributed by atoms with van der Waals surface area (Å²) in [5.41, 5.74) is 7.29. The van der Waals surface area contributed by atoms with Crippen molar-refractivity contribution in [1.29, 1.82) is 0 Å². The number of hydrogen-bond acceptors (Lipinski definition) is 3. The highest BCUT2D eigenvalue weighted by atomic mass is 19.1. The number of halogens is 1. The minimum Gasteiger partial charge on any atom is -0.356 e. The van der Waals surface area contributed by atoms with Crippen molar-refractivity contribution in [2.45, 2.75) is 33.2 Å². The third-order valence-corrected chi connectivity index (χ3v) is 6.40. The van der Waals surface area contributed by atoms with E-state index in [1.807, 2.05) is 24.3 Å². The Morgan fingerprint density at radius 1 is 0.941 bits per heavy atom. The minimum absolute atomic E-state index is 0.0151. The van der Waals surface area contributed by atoms with E-state index in [9.17, 15) is 9.18 Å². The van der Waals surface area contributed by atoms with Crippen LogP contribution < -0.4 is 5.32 Å². The molecule has 0 aliphatic heterocycles. The first-order chi connectivity index (χ1) is 16.3. The number of benzene rings is 3. The van der Waals surface area contributed by atoms with Crippen molar-refractivity contribution < 1.29 is 9.18 Å². The molecule has 0 atom stereocenters. The van der Waals surface area contributed by atoms with Crippen molar-refractivity contribution in [3.63, 3.8) is 0 Å². The summed E-state index contributed by atoms with van der Waals surface area (Å²) in [6.45, 7) is 6.46. The lowest BCUT2D eigenvalue weighted by Crippen LogP contribution is -2.15. The summed E-state index contributed by atoms with van der Waals surface area (Å²) in [7, 11) is 4.22. The number of fused-ring (bicyclic) bond motifs is 1. The number of anilines is 2. The molecule has 0 bridgehead atoms. The van der Waals surface area contributed by atoms with Gasteiger partial charge in [0.2, 0.25) is 0 Å². The standard InChI is InChI=1S/C29H32FN3O/c1-20-21(2)33(17-5-16-32(3)4)28-15-14-26(19-27(20)28)31-25-12-8-23(9-13-25)29(34)18-22-6-10-24(30)11-7-22/h6-15,19,31H,5,16-18H2,1-4H3. The third-order valence-electron chi connectivity index (χ3n) is 6.40. The molecule has 0 radical (unpaired) electrons. The van der Waals surface area contributed by atoms with E-state index in [-0.39, 0.29) is 18.0 Å². The largest absolute Gasteiger partial charge is 0.356 e. The molecule has 0 saturated carbocycles. The molecule has 0 amide bonds. The Labute approximate surface area is 201 Å². The summed E-state index contributed by atoms with van der Waals surface area (Å²) < 4.78 is 15.5. The maximum absolute atomic E-state index is 13.1. The highest BCUT2D eigenvalue weighted by molar-refractivity contribution is 5.98. The lowest BCUT2D eigenvalue weighted by molar-refractivity contribution is 0.0993. The van der Waals surface area contributed by atoms with Crippen molar-refractivity contribution in [3.8, 4) is 0 Å². The average Bonchev–Trinajstić information content (AvgIpc) is 3.05. The van der Waals surface area contributed by atoms with Crippen molar-refractivity contribution >= 4 is 28.1 Å². The number of carbonyl (C=O) groups excluding carboxylic acids is 1. The normalized spacial score (nSPS) is 11.4. The van der Waals surface area contributed by atoms with Gasteiger partial charge in [-0.3, -0.25) is 4.79 Å². The number of carbonyl (C=O) groups is 1. The fourth-order valence-electron chi connectivity index (χ4n) is 4.36. The molecule has 0 spiro atoms. The number of Topliss-reactive ketones (excluding diaryl/α,β-unsaturated/α-hetero) is 1. The maximum Gasteiger partial charge on any atom is 0.167 e. The minimum atomic E-state index is -0.295. The summed E-state index contributed by atoms with van der Waals surface area (Å²) in [4.78, 5) is 14.8. The van der Waals surface area contributed by atoms with Gasteiger partial charge in [-0.25, -0.2) is 4.39 Å². The Morgan fingerprint density at radius 2 is 1.62 bits per heavy atom. The highest BCUT2D eigenvalue weighted by Gasteiger charge is 2.12. The fourth-order valence-corrected chi connectivity index (χ4v) is 4.36. The Balaban J connectivity index is 1.46. The molecule has 0 aliphatic carbocycles. The predicted octanol–water partition coefficient (Wildman–Crippen LogP) is 6.52. The summed E-state index contributed by atoms with van der Waals surface area (Å²) in [5.74, 6) is -0.280. The molecule has 4 nitrogen and oxygen atoms in total. The van der Waals surface area contributed by atoms with Crippen LogP contribution in [0.2, 0.25) is 0 Å². The number of ketones is 1. The Morgan fingerprint density at radius 3 is 2.29 bits per heavy atom. The molecule has 3 aromatic carbocycles. The molecule has 4 aromatic rings. The number of aryl methyl sites for hydroxylation is 2. The Kier molecular flexibility index (Phi) is 7.13. The number of nitrogens with zero attached hydrogens (tertiary/aromatic N) is 2. The smallest absolute Gasteiger partial charge is 0.167 e. The first-order valence-corrected chi connectivity index (χ1v) is 11.7. The van der Waals surface area contributed by atoms with Crippen molar-refractivity contribution in [1.82, 2.24) is 9.47 Å². The molecular weight excluding hydrogens is 425 g/mol. The monoisotopic (exact) mass is 457 g/mol. The number of hydrogen-bond donors (Lipinski definition) is 1. The van der Waals surface area contributed by atoms with Crippen LogP contribution in [0.15, 0.2) is 66.7 Å². The summed E-state index contributed by atoms with van der Waals surface area (Å²) in [6, 6.07) is 20.1. The zero-order chi connectivity index (χ0) is 24.2. The van der Waals surface area contributed by atoms with E-state index < -0.39 is 0 Å². The summed E-state index contributed by atoms with van der Waals surface area (Å²) in [6.07, 6.45) is 1.37. The van der Waals surface area contributed by atoms with Gasteiger partial charge >= 0.3 is 0 Å².